The third-order valence-electron chi connectivity index (χ3n) is 3.70. The van der Waals surface area contributed by atoms with Gasteiger partial charge in [0.25, 0.3) is 0 Å². The third kappa shape index (κ3) is 2.51. The van der Waals surface area contributed by atoms with Gasteiger partial charge in [-0.25, -0.2) is 0 Å². The van der Waals surface area contributed by atoms with Crippen LogP contribution in [-0.4, -0.2) is 30.4 Å². The molecule has 1 aliphatic heterocycles. The number of carbonyl (C=O) groups is 1. The van der Waals surface area contributed by atoms with Gasteiger partial charge in [-0.05, 0) is 41.8 Å². The predicted octanol–water partition coefficient (Wildman–Crippen LogP) is 2.61. The van der Waals surface area contributed by atoms with Crippen LogP contribution < -0.4 is 5.32 Å². The minimum Gasteiger partial charge on any atom is -0.340 e. The molecule has 1 fully saturated rings. The normalized spacial score (nSPS) is 18.9. The van der Waals surface area contributed by atoms with Crippen LogP contribution in [0.3, 0.4) is 0 Å². The second-order valence-corrected chi connectivity index (χ2v) is 6.01. The van der Waals surface area contributed by atoms with Gasteiger partial charge in [-0.15, -0.1) is 11.3 Å². The van der Waals surface area contributed by atoms with Gasteiger partial charge < -0.3 is 10.2 Å². The Morgan fingerprint density at radius 3 is 3.11 bits per heavy atom. The fraction of sp³-hybridized carbons (Fsp3) is 0.400. The van der Waals surface area contributed by atoms with E-state index < -0.39 is 0 Å². The van der Waals surface area contributed by atoms with Crippen LogP contribution in [-0.2, 0) is 11.3 Å². The lowest BCUT2D eigenvalue weighted by molar-refractivity contribution is -0.132. The van der Waals surface area contributed by atoms with Crippen molar-refractivity contribution in [2.24, 2.45) is 0 Å². The summed E-state index contributed by atoms with van der Waals surface area (Å²) in [6, 6.07) is 8.39. The number of nitrogens with one attached hydrogen (secondary N) is 1. The molecule has 1 aromatic carbocycles. The molecule has 4 heteroatoms. The maximum Gasteiger partial charge on any atom is 0.239 e. The molecule has 100 valence electrons. The van der Waals surface area contributed by atoms with Gasteiger partial charge in [0, 0.05) is 18.3 Å². The minimum atomic E-state index is 0.0231. The number of benzene rings is 1. The first-order chi connectivity index (χ1) is 9.25. The Morgan fingerprint density at radius 2 is 2.32 bits per heavy atom. The van der Waals surface area contributed by atoms with E-state index in [9.17, 15) is 4.79 Å². The molecule has 3 nitrogen and oxygen atoms in total. The summed E-state index contributed by atoms with van der Waals surface area (Å²) in [5, 5.41) is 6.70. The molecule has 2 aromatic rings. The molecule has 1 amide bonds. The summed E-state index contributed by atoms with van der Waals surface area (Å²) in [6.07, 6.45) is 2.07. The lowest BCUT2D eigenvalue weighted by Gasteiger charge is -2.21. The molecular weight excluding hydrogens is 256 g/mol. The van der Waals surface area contributed by atoms with E-state index in [4.69, 9.17) is 0 Å². The molecule has 0 saturated carbocycles. The molecule has 0 aliphatic carbocycles. The lowest BCUT2D eigenvalue weighted by atomic mass is 10.1. The average Bonchev–Trinajstić information content (AvgIpc) is 3.08. The van der Waals surface area contributed by atoms with E-state index in [-0.39, 0.29) is 11.9 Å². The van der Waals surface area contributed by atoms with Crippen molar-refractivity contribution in [3.8, 4) is 0 Å². The van der Waals surface area contributed by atoms with Gasteiger partial charge in [0.15, 0.2) is 0 Å². The van der Waals surface area contributed by atoms with Gasteiger partial charge in [0.2, 0.25) is 5.91 Å². The van der Waals surface area contributed by atoms with Crippen molar-refractivity contribution < 1.29 is 4.79 Å². The Balaban J connectivity index is 1.75. The molecular formula is C15H18N2OS. The van der Waals surface area contributed by atoms with E-state index >= 15 is 0 Å². The van der Waals surface area contributed by atoms with E-state index in [2.05, 4.69) is 35.0 Å². The number of hydrogen-bond donors (Lipinski definition) is 1. The Labute approximate surface area is 117 Å². The van der Waals surface area contributed by atoms with Crippen molar-refractivity contribution in [2.45, 2.75) is 25.4 Å². The summed E-state index contributed by atoms with van der Waals surface area (Å²) in [4.78, 5) is 14.1. The Morgan fingerprint density at radius 1 is 1.47 bits per heavy atom. The number of thiophene rings is 1. The monoisotopic (exact) mass is 274 g/mol. The number of rotatable bonds is 3. The maximum absolute atomic E-state index is 12.3. The standard InChI is InChI=1S/C15H18N2OS/c1-17(15(18)13-6-4-8-16-13)9-11-10-19-14-7-3-2-5-12(11)14/h2-3,5,7,10,13,16H,4,6,8-9H2,1H3. The van der Waals surface area contributed by atoms with Gasteiger partial charge in [-0.1, -0.05) is 18.2 Å². The number of fused-ring (bicyclic) bond motifs is 1. The van der Waals surface area contributed by atoms with Crippen LogP contribution in [0.5, 0.6) is 0 Å². The number of carbonyl (C=O) groups excluding carboxylic acids is 1. The van der Waals surface area contributed by atoms with Crippen molar-refractivity contribution in [3.05, 3.63) is 35.2 Å². The fourth-order valence-corrected chi connectivity index (χ4v) is 3.60. The molecule has 0 bridgehead atoms. The molecule has 1 atom stereocenters. The molecule has 1 unspecified atom stereocenters. The fourth-order valence-electron chi connectivity index (χ4n) is 2.65. The number of hydrogen-bond acceptors (Lipinski definition) is 3. The molecule has 1 N–H and O–H groups in total. The zero-order valence-corrected chi connectivity index (χ0v) is 11.9. The molecule has 1 aromatic heterocycles. The second kappa shape index (κ2) is 5.31. The SMILES string of the molecule is CN(Cc1csc2ccccc12)C(=O)C1CCCN1. The highest BCUT2D eigenvalue weighted by atomic mass is 32.1. The van der Waals surface area contributed by atoms with Crippen LogP contribution in [0, 0.1) is 0 Å². The largest absolute Gasteiger partial charge is 0.340 e. The van der Waals surface area contributed by atoms with E-state index in [1.165, 1.54) is 15.6 Å². The van der Waals surface area contributed by atoms with Crippen molar-refractivity contribution in [2.75, 3.05) is 13.6 Å². The van der Waals surface area contributed by atoms with Gasteiger partial charge in [-0.2, -0.15) is 0 Å². The summed E-state index contributed by atoms with van der Waals surface area (Å²) in [6.45, 7) is 1.66. The summed E-state index contributed by atoms with van der Waals surface area (Å²) in [7, 11) is 1.90. The molecule has 2 heterocycles. The molecule has 1 aliphatic rings. The first-order valence-electron chi connectivity index (χ1n) is 6.69. The summed E-state index contributed by atoms with van der Waals surface area (Å²) < 4.78 is 1.29. The summed E-state index contributed by atoms with van der Waals surface area (Å²) >= 11 is 1.75. The van der Waals surface area contributed by atoms with Gasteiger partial charge in [-0.3, -0.25) is 4.79 Å². The molecule has 0 radical (unpaired) electrons. The lowest BCUT2D eigenvalue weighted by Crippen LogP contribution is -2.41. The zero-order chi connectivity index (χ0) is 13.2. The maximum atomic E-state index is 12.3. The van der Waals surface area contributed by atoms with Crippen LogP contribution in [0.1, 0.15) is 18.4 Å². The smallest absolute Gasteiger partial charge is 0.239 e. The quantitative estimate of drug-likeness (QED) is 0.933. The average molecular weight is 274 g/mol. The Hall–Kier alpha value is -1.39. The molecule has 1 saturated heterocycles. The van der Waals surface area contributed by atoms with Crippen molar-refractivity contribution in [1.29, 1.82) is 0 Å². The first kappa shape index (κ1) is 12.6. The van der Waals surface area contributed by atoms with Gasteiger partial charge in [0.05, 0.1) is 6.04 Å². The number of amides is 1. The number of nitrogens with zero attached hydrogens (tertiary/aromatic N) is 1. The highest BCUT2D eigenvalue weighted by Crippen LogP contribution is 2.26. The Kier molecular flexibility index (Phi) is 3.53. The van der Waals surface area contributed by atoms with E-state index in [1.807, 2.05) is 11.9 Å². The summed E-state index contributed by atoms with van der Waals surface area (Å²) in [5.74, 6) is 0.216. The molecule has 3 rings (SSSR count). The van der Waals surface area contributed by atoms with E-state index in [0.717, 1.165) is 19.4 Å². The van der Waals surface area contributed by atoms with Crippen LogP contribution >= 0.6 is 11.3 Å². The van der Waals surface area contributed by atoms with E-state index in [1.54, 1.807) is 11.3 Å². The third-order valence-corrected chi connectivity index (χ3v) is 4.72. The zero-order valence-electron chi connectivity index (χ0n) is 11.1. The van der Waals surface area contributed by atoms with Gasteiger partial charge in [0.1, 0.15) is 0 Å². The number of likely N-dealkylation sites (N-methyl/N-ethyl adjacent to an activating group) is 1. The minimum absolute atomic E-state index is 0.0231. The second-order valence-electron chi connectivity index (χ2n) is 5.10. The first-order valence-corrected chi connectivity index (χ1v) is 7.57. The van der Waals surface area contributed by atoms with Crippen molar-refractivity contribution in [1.82, 2.24) is 10.2 Å². The highest BCUT2D eigenvalue weighted by molar-refractivity contribution is 7.17. The van der Waals surface area contributed by atoms with Crippen LogP contribution in [0.25, 0.3) is 10.1 Å². The predicted molar refractivity (Wildman–Crippen MR) is 79.3 cm³/mol. The Bertz CT molecular complexity index is 587. The summed E-state index contributed by atoms with van der Waals surface area (Å²) in [5.41, 5.74) is 1.24. The molecule has 0 spiro atoms. The van der Waals surface area contributed by atoms with Crippen LogP contribution in [0.4, 0.5) is 0 Å². The van der Waals surface area contributed by atoms with Crippen LogP contribution in [0.15, 0.2) is 29.6 Å². The van der Waals surface area contributed by atoms with Crippen molar-refractivity contribution >= 4 is 27.3 Å². The molecule has 19 heavy (non-hydrogen) atoms. The van der Waals surface area contributed by atoms with E-state index in [0.29, 0.717) is 6.54 Å². The highest BCUT2D eigenvalue weighted by Gasteiger charge is 2.25. The van der Waals surface area contributed by atoms with Crippen LogP contribution in [0.2, 0.25) is 0 Å². The topological polar surface area (TPSA) is 32.3 Å². The van der Waals surface area contributed by atoms with Gasteiger partial charge >= 0.3 is 0 Å². The van der Waals surface area contributed by atoms with Crippen molar-refractivity contribution in [3.63, 3.8) is 0 Å².